The molecule has 1 aliphatic carbocycles. The molecule has 1 saturated heterocycles. The molecule has 2 aromatic heterocycles. The maximum Gasteiger partial charge on any atom is 0.245 e. The number of Topliss-reactive ketones (excluding diaryl/α,β-unsaturated/α-hetero) is 1. The van der Waals surface area contributed by atoms with Gasteiger partial charge in [0.1, 0.15) is 30.6 Å². The van der Waals surface area contributed by atoms with Crippen molar-refractivity contribution in [2.24, 2.45) is 5.92 Å². The normalized spacial score (nSPS) is 20.7. The van der Waals surface area contributed by atoms with E-state index >= 15 is 0 Å². The molecule has 1 saturated carbocycles. The number of carbonyl (C=O) groups is 3. The zero-order chi connectivity index (χ0) is 24.7. The highest BCUT2D eigenvalue weighted by atomic mass is 16.5. The monoisotopic (exact) mass is 476 g/mol. The van der Waals surface area contributed by atoms with E-state index in [0.29, 0.717) is 34.8 Å². The van der Waals surface area contributed by atoms with E-state index in [9.17, 15) is 14.4 Å². The Morgan fingerprint density at radius 1 is 1.17 bits per heavy atom. The lowest BCUT2D eigenvalue weighted by Gasteiger charge is -2.27. The number of nitrogens with one attached hydrogen (secondary N) is 1. The van der Waals surface area contributed by atoms with Gasteiger partial charge in [0, 0.05) is 36.8 Å². The Labute approximate surface area is 202 Å². The zero-order valence-corrected chi connectivity index (χ0v) is 20.0. The zero-order valence-electron chi connectivity index (χ0n) is 20.0. The van der Waals surface area contributed by atoms with Gasteiger partial charge in [-0.2, -0.15) is 5.10 Å². The minimum atomic E-state index is -0.456. The van der Waals surface area contributed by atoms with Gasteiger partial charge in [0.25, 0.3) is 0 Å². The Hall–Kier alpha value is -3.82. The number of benzene rings is 1. The van der Waals surface area contributed by atoms with Crippen molar-refractivity contribution in [2.45, 2.75) is 64.9 Å². The summed E-state index contributed by atoms with van der Waals surface area (Å²) < 4.78 is 7.35. The summed E-state index contributed by atoms with van der Waals surface area (Å²) in [5, 5.41) is 7.99. The number of hydrogen-bond acceptors (Lipinski definition) is 7. The van der Waals surface area contributed by atoms with E-state index in [0.717, 1.165) is 6.42 Å². The summed E-state index contributed by atoms with van der Waals surface area (Å²) in [5.74, 6) is 0.990. The first kappa shape index (κ1) is 22.9. The van der Waals surface area contributed by atoms with Crippen molar-refractivity contribution < 1.29 is 19.1 Å². The van der Waals surface area contributed by atoms with E-state index in [1.807, 2.05) is 13.8 Å². The van der Waals surface area contributed by atoms with Crippen LogP contribution in [0.3, 0.4) is 0 Å². The summed E-state index contributed by atoms with van der Waals surface area (Å²) in [6.45, 7) is 5.40. The van der Waals surface area contributed by atoms with Crippen LogP contribution in [-0.2, 0) is 22.7 Å². The van der Waals surface area contributed by atoms with Gasteiger partial charge < -0.3 is 15.0 Å². The van der Waals surface area contributed by atoms with E-state index in [-0.39, 0.29) is 48.5 Å². The third kappa shape index (κ3) is 4.60. The number of piperidine rings is 1. The van der Waals surface area contributed by atoms with Gasteiger partial charge in [0.15, 0.2) is 11.6 Å². The van der Waals surface area contributed by atoms with Gasteiger partial charge in [-0.15, -0.1) is 0 Å². The maximum absolute atomic E-state index is 13.4. The van der Waals surface area contributed by atoms with Crippen molar-refractivity contribution in [1.29, 1.82) is 0 Å². The van der Waals surface area contributed by atoms with E-state index in [4.69, 9.17) is 4.74 Å². The second kappa shape index (κ2) is 9.09. The summed E-state index contributed by atoms with van der Waals surface area (Å²) in [6.07, 6.45) is 4.91. The molecule has 10 nitrogen and oxygen atoms in total. The molecule has 0 spiro atoms. The highest BCUT2D eigenvalue weighted by Crippen LogP contribution is 2.48. The number of amides is 2. The Bertz CT molecular complexity index is 1290. The summed E-state index contributed by atoms with van der Waals surface area (Å²) >= 11 is 0. The van der Waals surface area contributed by atoms with Crippen LogP contribution >= 0.6 is 0 Å². The molecule has 10 heteroatoms. The number of ether oxygens (including phenoxy) is 1. The van der Waals surface area contributed by atoms with E-state index < -0.39 is 6.04 Å². The highest BCUT2D eigenvalue weighted by molar-refractivity contribution is 6.05. The van der Waals surface area contributed by atoms with Gasteiger partial charge in [0.05, 0.1) is 5.52 Å². The number of carbonyl (C=O) groups excluding carboxylic acids is 3. The summed E-state index contributed by atoms with van der Waals surface area (Å²) in [5.41, 5.74) is 0.926. The molecular formula is C25H28N6O4. The van der Waals surface area contributed by atoms with Crippen LogP contribution in [0.25, 0.3) is 10.9 Å². The molecule has 35 heavy (non-hydrogen) atoms. The predicted octanol–water partition coefficient (Wildman–Crippen LogP) is 2.12. The first-order valence-corrected chi connectivity index (χ1v) is 11.8. The number of ketones is 1. The number of nitrogens with zero attached hydrogens (tertiary/aromatic N) is 5. The first-order valence-electron chi connectivity index (χ1n) is 11.8. The first-order chi connectivity index (χ1) is 16.8. The molecule has 3 aromatic rings. The van der Waals surface area contributed by atoms with Crippen LogP contribution in [0.5, 0.6) is 5.75 Å². The third-order valence-electron chi connectivity index (χ3n) is 6.45. The minimum absolute atomic E-state index is 0.00873. The number of hydrogen-bond donors (Lipinski definition) is 1. The SMILES string of the molecule is CC(=O)c1nn(CC(=O)N2[C@@H]3C[C@@H]3C[C@H]2C(=O)NC(C)C)c2ccc(OCc3ncccn3)cc12. The van der Waals surface area contributed by atoms with Crippen LogP contribution in [0.4, 0.5) is 0 Å². The van der Waals surface area contributed by atoms with Crippen molar-refractivity contribution in [1.82, 2.24) is 30.0 Å². The molecule has 0 unspecified atom stereocenters. The van der Waals surface area contributed by atoms with Crippen LogP contribution in [0.15, 0.2) is 36.7 Å². The van der Waals surface area contributed by atoms with Crippen molar-refractivity contribution in [3.63, 3.8) is 0 Å². The largest absolute Gasteiger partial charge is 0.486 e. The lowest BCUT2D eigenvalue weighted by atomic mass is 10.1. The fraction of sp³-hybridized carbons (Fsp3) is 0.440. The molecule has 182 valence electrons. The number of aromatic nitrogens is 4. The second-order valence-electron chi connectivity index (χ2n) is 9.47. The molecule has 1 N–H and O–H groups in total. The molecule has 1 aromatic carbocycles. The molecule has 0 radical (unpaired) electrons. The van der Waals surface area contributed by atoms with Gasteiger partial charge in [-0.05, 0) is 56.9 Å². The topological polar surface area (TPSA) is 119 Å². The summed E-state index contributed by atoms with van der Waals surface area (Å²) in [4.78, 5) is 48.4. The average Bonchev–Trinajstić information content (AvgIpc) is 3.34. The predicted molar refractivity (Wildman–Crippen MR) is 127 cm³/mol. The Balaban J connectivity index is 1.37. The molecule has 2 amide bonds. The molecule has 1 aliphatic heterocycles. The Morgan fingerprint density at radius 2 is 1.94 bits per heavy atom. The van der Waals surface area contributed by atoms with Crippen molar-refractivity contribution in [3.8, 4) is 5.75 Å². The fourth-order valence-electron chi connectivity index (χ4n) is 4.82. The molecular weight excluding hydrogens is 448 g/mol. The number of likely N-dealkylation sites (tertiary alicyclic amines) is 1. The van der Waals surface area contributed by atoms with Crippen LogP contribution in [0.2, 0.25) is 0 Å². The quantitative estimate of drug-likeness (QED) is 0.495. The van der Waals surface area contributed by atoms with Crippen LogP contribution in [-0.4, -0.2) is 60.4 Å². The highest BCUT2D eigenvalue weighted by Gasteiger charge is 2.56. The molecule has 2 fully saturated rings. The summed E-state index contributed by atoms with van der Waals surface area (Å²) in [7, 11) is 0. The van der Waals surface area contributed by atoms with Gasteiger partial charge in [-0.1, -0.05) is 0 Å². The Kier molecular flexibility index (Phi) is 5.96. The van der Waals surface area contributed by atoms with Crippen molar-refractivity contribution in [2.75, 3.05) is 0 Å². The van der Waals surface area contributed by atoms with Crippen LogP contribution < -0.4 is 10.1 Å². The van der Waals surface area contributed by atoms with Crippen molar-refractivity contribution in [3.05, 3.63) is 48.2 Å². The smallest absolute Gasteiger partial charge is 0.245 e. The molecule has 3 heterocycles. The maximum atomic E-state index is 13.4. The fourth-order valence-corrected chi connectivity index (χ4v) is 4.82. The number of rotatable bonds is 8. The van der Waals surface area contributed by atoms with Gasteiger partial charge >= 0.3 is 0 Å². The third-order valence-corrected chi connectivity index (χ3v) is 6.45. The standard InChI is InChI=1S/C25H28N6O4/c1-14(2)28-25(34)21-10-16-9-20(16)31(21)23(33)12-30-19-6-5-17(11-18(19)24(29-30)15(3)32)35-13-22-26-7-4-8-27-22/h4-8,11,14,16,20-21H,9-10,12-13H2,1-3H3,(H,28,34)/t16-,20-,21+/m1/s1. The van der Waals surface area contributed by atoms with Gasteiger partial charge in [-0.3, -0.25) is 19.1 Å². The van der Waals surface area contributed by atoms with Gasteiger partial charge in [0.2, 0.25) is 11.8 Å². The van der Waals surface area contributed by atoms with Crippen LogP contribution in [0, 0.1) is 5.92 Å². The molecule has 0 bridgehead atoms. The molecule has 5 rings (SSSR count). The Morgan fingerprint density at radius 3 is 2.66 bits per heavy atom. The van der Waals surface area contributed by atoms with E-state index in [1.54, 1.807) is 46.2 Å². The lowest BCUT2D eigenvalue weighted by molar-refractivity contribution is -0.140. The van der Waals surface area contributed by atoms with Crippen molar-refractivity contribution >= 4 is 28.5 Å². The van der Waals surface area contributed by atoms with Gasteiger partial charge in [-0.25, -0.2) is 9.97 Å². The minimum Gasteiger partial charge on any atom is -0.486 e. The lowest BCUT2D eigenvalue weighted by Crippen LogP contribution is -2.50. The summed E-state index contributed by atoms with van der Waals surface area (Å²) in [6, 6.07) is 6.69. The number of fused-ring (bicyclic) bond motifs is 2. The molecule has 3 atom stereocenters. The molecule has 2 aliphatic rings. The second-order valence-corrected chi connectivity index (χ2v) is 9.47. The average molecular weight is 477 g/mol. The van der Waals surface area contributed by atoms with E-state index in [2.05, 4.69) is 20.4 Å². The van der Waals surface area contributed by atoms with Crippen LogP contribution in [0.1, 0.15) is 49.9 Å². The van der Waals surface area contributed by atoms with E-state index in [1.165, 1.54) is 6.92 Å².